The predicted octanol–water partition coefficient (Wildman–Crippen LogP) is 4.04. The minimum Gasteiger partial charge on any atom is -0.317 e. The molecule has 17 heavy (non-hydrogen) atoms. The summed E-state index contributed by atoms with van der Waals surface area (Å²) in [5, 5.41) is 3.47. The molecular weight excluding hydrogens is 206 g/mol. The molecule has 0 aliphatic carbocycles. The summed E-state index contributed by atoms with van der Waals surface area (Å²) < 4.78 is 0. The first kappa shape index (κ1) is 14.2. The van der Waals surface area contributed by atoms with Crippen LogP contribution in [-0.4, -0.2) is 13.1 Å². The van der Waals surface area contributed by atoms with E-state index in [4.69, 9.17) is 0 Å². The van der Waals surface area contributed by atoms with Crippen molar-refractivity contribution in [2.24, 2.45) is 5.92 Å². The third kappa shape index (κ3) is 7.17. The Hall–Kier alpha value is -0.820. The Kier molecular flexibility index (Phi) is 7.74. The van der Waals surface area contributed by atoms with Gasteiger partial charge in [0.1, 0.15) is 0 Å². The molecule has 1 aromatic carbocycles. The van der Waals surface area contributed by atoms with Crippen LogP contribution < -0.4 is 5.32 Å². The molecule has 1 unspecified atom stereocenters. The zero-order valence-corrected chi connectivity index (χ0v) is 11.4. The molecule has 0 amide bonds. The number of hydrogen-bond acceptors (Lipinski definition) is 1. The molecule has 0 heterocycles. The Bertz CT molecular complexity index is 268. The Morgan fingerprint density at radius 1 is 1.06 bits per heavy atom. The van der Waals surface area contributed by atoms with E-state index in [2.05, 4.69) is 49.5 Å². The average molecular weight is 233 g/mol. The second-order valence-electron chi connectivity index (χ2n) is 5.02. The lowest BCUT2D eigenvalue weighted by Crippen LogP contribution is -2.18. The van der Waals surface area contributed by atoms with Crippen LogP contribution in [0.2, 0.25) is 0 Å². The molecule has 0 saturated heterocycles. The van der Waals surface area contributed by atoms with Crippen molar-refractivity contribution in [3.63, 3.8) is 0 Å². The van der Waals surface area contributed by atoms with Crippen molar-refractivity contribution in [2.45, 2.75) is 46.0 Å². The van der Waals surface area contributed by atoms with Crippen LogP contribution in [0.1, 0.15) is 45.1 Å². The molecule has 0 fully saturated rings. The van der Waals surface area contributed by atoms with Crippen LogP contribution in [0, 0.1) is 5.92 Å². The van der Waals surface area contributed by atoms with Crippen molar-refractivity contribution in [1.82, 2.24) is 5.32 Å². The van der Waals surface area contributed by atoms with E-state index in [9.17, 15) is 0 Å². The van der Waals surface area contributed by atoms with E-state index in [0.717, 1.165) is 12.5 Å². The second kappa shape index (κ2) is 9.23. The van der Waals surface area contributed by atoms with Gasteiger partial charge in [0.25, 0.3) is 0 Å². The highest BCUT2D eigenvalue weighted by atomic mass is 14.8. The molecule has 1 N–H and O–H groups in total. The van der Waals surface area contributed by atoms with Crippen LogP contribution in [0.15, 0.2) is 30.3 Å². The molecule has 0 aliphatic rings. The van der Waals surface area contributed by atoms with Crippen molar-refractivity contribution in [1.29, 1.82) is 0 Å². The lowest BCUT2D eigenvalue weighted by molar-refractivity contribution is 0.456. The molecule has 0 aromatic heterocycles. The van der Waals surface area contributed by atoms with E-state index in [-0.39, 0.29) is 0 Å². The first-order valence-electron chi connectivity index (χ1n) is 7.07. The van der Waals surface area contributed by atoms with Gasteiger partial charge in [-0.15, -0.1) is 0 Å². The van der Waals surface area contributed by atoms with E-state index < -0.39 is 0 Å². The fourth-order valence-corrected chi connectivity index (χ4v) is 2.09. The molecule has 1 atom stereocenters. The van der Waals surface area contributed by atoms with Gasteiger partial charge in [0, 0.05) is 0 Å². The minimum atomic E-state index is 0.850. The molecule has 0 saturated carbocycles. The van der Waals surface area contributed by atoms with Gasteiger partial charge in [0.2, 0.25) is 0 Å². The van der Waals surface area contributed by atoms with Crippen LogP contribution in [-0.2, 0) is 6.42 Å². The number of nitrogens with one attached hydrogen (secondary N) is 1. The second-order valence-corrected chi connectivity index (χ2v) is 5.02. The van der Waals surface area contributed by atoms with Crippen LogP contribution >= 0.6 is 0 Å². The minimum absolute atomic E-state index is 0.850. The summed E-state index contributed by atoms with van der Waals surface area (Å²) in [6.07, 6.45) is 6.45. The van der Waals surface area contributed by atoms with E-state index in [0.29, 0.717) is 0 Å². The molecule has 0 radical (unpaired) electrons. The zero-order chi connectivity index (χ0) is 12.3. The number of rotatable bonds is 9. The van der Waals surface area contributed by atoms with Gasteiger partial charge in [0.15, 0.2) is 0 Å². The normalized spacial score (nSPS) is 12.6. The highest BCUT2D eigenvalue weighted by Crippen LogP contribution is 2.12. The summed E-state index contributed by atoms with van der Waals surface area (Å²) in [5.41, 5.74) is 1.48. The van der Waals surface area contributed by atoms with Gasteiger partial charge in [-0.2, -0.15) is 0 Å². The summed E-state index contributed by atoms with van der Waals surface area (Å²) in [5.74, 6) is 0.850. The lowest BCUT2D eigenvalue weighted by atomic mass is 9.98. The van der Waals surface area contributed by atoms with Crippen molar-refractivity contribution in [2.75, 3.05) is 13.1 Å². The first-order valence-corrected chi connectivity index (χ1v) is 7.07. The van der Waals surface area contributed by atoms with Gasteiger partial charge in [0.05, 0.1) is 0 Å². The van der Waals surface area contributed by atoms with E-state index in [1.165, 1.54) is 44.2 Å². The number of benzene rings is 1. The number of aryl methyl sites for hydroxylation is 1. The van der Waals surface area contributed by atoms with Crippen molar-refractivity contribution in [3.8, 4) is 0 Å². The molecule has 1 aromatic rings. The standard InChI is InChI=1S/C16H27N/c1-3-13-17-14-12-15(2)8-7-11-16-9-5-4-6-10-16/h4-6,9-10,15,17H,3,7-8,11-14H2,1-2H3. The van der Waals surface area contributed by atoms with Crippen LogP contribution in [0.25, 0.3) is 0 Å². The maximum absolute atomic E-state index is 3.47. The summed E-state index contributed by atoms with van der Waals surface area (Å²) >= 11 is 0. The fourth-order valence-electron chi connectivity index (χ4n) is 2.09. The maximum Gasteiger partial charge on any atom is -0.00464 e. The zero-order valence-electron chi connectivity index (χ0n) is 11.4. The molecule has 0 bridgehead atoms. The first-order chi connectivity index (χ1) is 8.33. The Morgan fingerprint density at radius 2 is 1.82 bits per heavy atom. The summed E-state index contributed by atoms with van der Waals surface area (Å²) in [4.78, 5) is 0. The molecule has 0 spiro atoms. The van der Waals surface area contributed by atoms with Crippen molar-refractivity contribution in [3.05, 3.63) is 35.9 Å². The van der Waals surface area contributed by atoms with Crippen molar-refractivity contribution < 1.29 is 0 Å². The van der Waals surface area contributed by atoms with Gasteiger partial charge < -0.3 is 5.32 Å². The largest absolute Gasteiger partial charge is 0.317 e. The van der Waals surface area contributed by atoms with Crippen molar-refractivity contribution >= 4 is 0 Å². The highest BCUT2D eigenvalue weighted by Gasteiger charge is 2.01. The van der Waals surface area contributed by atoms with Crippen LogP contribution in [0.4, 0.5) is 0 Å². The molecular formula is C16H27N. The Balaban J connectivity index is 2.02. The third-order valence-corrected chi connectivity index (χ3v) is 3.25. The summed E-state index contributed by atoms with van der Waals surface area (Å²) in [7, 11) is 0. The van der Waals surface area contributed by atoms with Gasteiger partial charge >= 0.3 is 0 Å². The fraction of sp³-hybridized carbons (Fsp3) is 0.625. The summed E-state index contributed by atoms with van der Waals surface area (Å²) in [6.45, 7) is 6.94. The molecule has 96 valence electrons. The quantitative estimate of drug-likeness (QED) is 0.635. The van der Waals surface area contributed by atoms with E-state index in [1.807, 2.05) is 0 Å². The third-order valence-electron chi connectivity index (χ3n) is 3.25. The topological polar surface area (TPSA) is 12.0 Å². The van der Waals surface area contributed by atoms with Gasteiger partial charge in [-0.25, -0.2) is 0 Å². The van der Waals surface area contributed by atoms with Crippen LogP contribution in [0.5, 0.6) is 0 Å². The highest BCUT2D eigenvalue weighted by molar-refractivity contribution is 5.14. The summed E-state index contributed by atoms with van der Waals surface area (Å²) in [6, 6.07) is 10.8. The molecule has 1 rings (SSSR count). The molecule has 1 heteroatoms. The smallest absolute Gasteiger partial charge is 0.00464 e. The average Bonchev–Trinajstić information content (AvgIpc) is 2.36. The lowest BCUT2D eigenvalue weighted by Gasteiger charge is -2.11. The Labute approximate surface area is 107 Å². The monoisotopic (exact) mass is 233 g/mol. The van der Waals surface area contributed by atoms with Gasteiger partial charge in [-0.3, -0.25) is 0 Å². The predicted molar refractivity (Wildman–Crippen MR) is 76.3 cm³/mol. The van der Waals surface area contributed by atoms with Crippen LogP contribution in [0.3, 0.4) is 0 Å². The van der Waals surface area contributed by atoms with Gasteiger partial charge in [-0.1, -0.05) is 50.6 Å². The Morgan fingerprint density at radius 3 is 2.53 bits per heavy atom. The van der Waals surface area contributed by atoms with E-state index in [1.54, 1.807) is 0 Å². The molecule has 0 aliphatic heterocycles. The van der Waals surface area contributed by atoms with E-state index >= 15 is 0 Å². The SMILES string of the molecule is CCCNCCC(C)CCCc1ccccc1. The van der Waals surface area contributed by atoms with Gasteiger partial charge in [-0.05, 0) is 50.3 Å². The number of hydrogen-bond donors (Lipinski definition) is 1. The maximum atomic E-state index is 3.47. The molecule has 1 nitrogen and oxygen atoms in total.